The number of ether oxygens (including phenoxy) is 1. The van der Waals surface area contributed by atoms with E-state index in [1.165, 1.54) is 23.0 Å². The molecule has 0 aliphatic rings. The lowest BCUT2D eigenvalue weighted by molar-refractivity contribution is 0.395. The molecule has 0 spiro atoms. The zero-order chi connectivity index (χ0) is 13.8. The lowest BCUT2D eigenvalue weighted by Gasteiger charge is -2.14. The molecule has 0 bridgehead atoms. The highest BCUT2D eigenvalue weighted by Crippen LogP contribution is 2.19. The third-order valence-corrected chi connectivity index (χ3v) is 3.20. The molecule has 0 amide bonds. The molecule has 0 radical (unpaired) electrons. The van der Waals surface area contributed by atoms with Crippen molar-refractivity contribution >= 4 is 0 Å². The summed E-state index contributed by atoms with van der Waals surface area (Å²) in [5.41, 5.74) is 10.8. The normalized spacial score (nSPS) is 12.2. The van der Waals surface area contributed by atoms with Crippen LogP contribution in [-0.2, 0) is 6.42 Å². The van der Waals surface area contributed by atoms with Crippen molar-refractivity contribution in [3.63, 3.8) is 0 Å². The molecule has 0 fully saturated rings. The van der Waals surface area contributed by atoms with Crippen molar-refractivity contribution < 1.29 is 4.74 Å². The smallest absolute Gasteiger partial charge is 0.216 e. The molecule has 2 aromatic rings. The van der Waals surface area contributed by atoms with Crippen molar-refractivity contribution in [1.82, 2.24) is 9.97 Å². The number of hydrogen-bond donors (Lipinski definition) is 1. The van der Waals surface area contributed by atoms with Crippen LogP contribution in [0.1, 0.15) is 28.4 Å². The fourth-order valence-electron chi connectivity index (χ4n) is 2.03. The molecule has 100 valence electrons. The zero-order valence-electron chi connectivity index (χ0n) is 11.6. The largest absolute Gasteiger partial charge is 0.481 e. The first-order valence-electron chi connectivity index (χ1n) is 6.28. The fraction of sp³-hybridized carbons (Fsp3) is 0.333. The Kier molecular flexibility index (Phi) is 4.12. The first kappa shape index (κ1) is 13.5. The van der Waals surface area contributed by atoms with E-state index in [4.69, 9.17) is 10.5 Å². The van der Waals surface area contributed by atoms with E-state index < -0.39 is 0 Å². The molecule has 1 atom stereocenters. The van der Waals surface area contributed by atoms with Gasteiger partial charge in [-0.15, -0.1) is 0 Å². The van der Waals surface area contributed by atoms with Gasteiger partial charge in [-0.3, -0.25) is 0 Å². The van der Waals surface area contributed by atoms with E-state index in [9.17, 15) is 0 Å². The molecule has 1 unspecified atom stereocenters. The predicted molar refractivity (Wildman–Crippen MR) is 75.1 cm³/mol. The van der Waals surface area contributed by atoms with Crippen LogP contribution in [0.5, 0.6) is 5.88 Å². The van der Waals surface area contributed by atoms with Gasteiger partial charge in [-0.05, 0) is 31.4 Å². The second-order valence-corrected chi connectivity index (χ2v) is 4.73. The van der Waals surface area contributed by atoms with Crippen molar-refractivity contribution in [3.05, 3.63) is 53.0 Å². The first-order valence-corrected chi connectivity index (χ1v) is 6.28. The molecular formula is C15H19N3O. The van der Waals surface area contributed by atoms with Crippen LogP contribution >= 0.6 is 0 Å². The van der Waals surface area contributed by atoms with Gasteiger partial charge in [0.1, 0.15) is 6.33 Å². The molecule has 19 heavy (non-hydrogen) atoms. The number of nitrogens with zero attached hydrogens (tertiary/aromatic N) is 2. The molecule has 0 saturated carbocycles. The number of nitrogens with two attached hydrogens (primary N) is 1. The third-order valence-electron chi connectivity index (χ3n) is 3.20. The van der Waals surface area contributed by atoms with Crippen LogP contribution in [0.25, 0.3) is 0 Å². The van der Waals surface area contributed by atoms with E-state index in [1.54, 1.807) is 13.2 Å². The van der Waals surface area contributed by atoms with Gasteiger partial charge < -0.3 is 10.5 Å². The van der Waals surface area contributed by atoms with Crippen molar-refractivity contribution in [2.24, 2.45) is 5.73 Å². The van der Waals surface area contributed by atoms with E-state index in [-0.39, 0.29) is 6.04 Å². The van der Waals surface area contributed by atoms with Crippen LogP contribution in [0.4, 0.5) is 0 Å². The summed E-state index contributed by atoms with van der Waals surface area (Å²) in [5.74, 6) is 0.543. The van der Waals surface area contributed by atoms with Crippen LogP contribution in [0.3, 0.4) is 0 Å². The van der Waals surface area contributed by atoms with Crippen molar-refractivity contribution in [2.75, 3.05) is 7.11 Å². The molecule has 0 aliphatic heterocycles. The number of benzene rings is 1. The minimum absolute atomic E-state index is 0.155. The fourth-order valence-corrected chi connectivity index (χ4v) is 2.03. The maximum Gasteiger partial charge on any atom is 0.216 e. The van der Waals surface area contributed by atoms with Gasteiger partial charge in [0.25, 0.3) is 0 Å². The Morgan fingerprint density at radius 3 is 2.74 bits per heavy atom. The van der Waals surface area contributed by atoms with Crippen LogP contribution in [0, 0.1) is 13.8 Å². The highest BCUT2D eigenvalue weighted by molar-refractivity contribution is 5.32. The molecular weight excluding hydrogens is 238 g/mol. The van der Waals surface area contributed by atoms with Crippen LogP contribution in [0.15, 0.2) is 30.6 Å². The number of methoxy groups -OCH3 is 1. The predicted octanol–water partition coefficient (Wildman–Crippen LogP) is 2.34. The molecule has 0 saturated heterocycles. The lowest BCUT2D eigenvalue weighted by Crippen LogP contribution is -2.16. The van der Waals surface area contributed by atoms with Crippen molar-refractivity contribution in [2.45, 2.75) is 26.3 Å². The van der Waals surface area contributed by atoms with Gasteiger partial charge >= 0.3 is 0 Å². The van der Waals surface area contributed by atoms with E-state index in [1.807, 2.05) is 0 Å². The Morgan fingerprint density at radius 2 is 2.00 bits per heavy atom. The summed E-state index contributed by atoms with van der Waals surface area (Å²) >= 11 is 0. The summed E-state index contributed by atoms with van der Waals surface area (Å²) < 4.78 is 5.09. The lowest BCUT2D eigenvalue weighted by atomic mass is 9.98. The quantitative estimate of drug-likeness (QED) is 0.913. The van der Waals surface area contributed by atoms with Crippen LogP contribution < -0.4 is 10.5 Å². The molecule has 1 aromatic heterocycles. The summed E-state index contributed by atoms with van der Waals surface area (Å²) in [6.45, 7) is 4.18. The van der Waals surface area contributed by atoms with Gasteiger partial charge in [0, 0.05) is 6.07 Å². The van der Waals surface area contributed by atoms with E-state index in [0.717, 1.165) is 12.1 Å². The van der Waals surface area contributed by atoms with Crippen molar-refractivity contribution in [1.29, 1.82) is 0 Å². The first-order chi connectivity index (χ1) is 9.10. The average molecular weight is 257 g/mol. The Hall–Kier alpha value is -1.94. The van der Waals surface area contributed by atoms with Crippen LogP contribution in [0.2, 0.25) is 0 Å². The number of hydrogen-bond acceptors (Lipinski definition) is 4. The topological polar surface area (TPSA) is 61.0 Å². The highest BCUT2D eigenvalue weighted by Gasteiger charge is 2.11. The Bertz CT molecular complexity index is 569. The molecule has 1 aromatic carbocycles. The van der Waals surface area contributed by atoms with Gasteiger partial charge in [0.05, 0.1) is 18.8 Å². The maximum atomic E-state index is 6.22. The number of rotatable bonds is 4. The second kappa shape index (κ2) is 5.80. The van der Waals surface area contributed by atoms with Gasteiger partial charge in [0.15, 0.2) is 0 Å². The summed E-state index contributed by atoms with van der Waals surface area (Å²) in [4.78, 5) is 8.21. The average Bonchev–Trinajstić information content (AvgIpc) is 2.43. The molecule has 2 rings (SSSR count). The standard InChI is InChI=1S/C15H19N3O/c1-10-4-5-11(2)12(6-10)7-13(16)14-8-15(19-3)18-9-17-14/h4-6,8-9,13H,7,16H2,1-3H3. The molecule has 1 heterocycles. The van der Waals surface area contributed by atoms with E-state index in [0.29, 0.717) is 5.88 Å². The van der Waals surface area contributed by atoms with Gasteiger partial charge in [-0.25, -0.2) is 9.97 Å². The maximum absolute atomic E-state index is 6.22. The second-order valence-electron chi connectivity index (χ2n) is 4.73. The van der Waals surface area contributed by atoms with Gasteiger partial charge in [-0.2, -0.15) is 0 Å². The van der Waals surface area contributed by atoms with Gasteiger partial charge in [0.2, 0.25) is 5.88 Å². The van der Waals surface area contributed by atoms with E-state index in [2.05, 4.69) is 42.0 Å². The number of aromatic nitrogens is 2. The summed E-state index contributed by atoms with van der Waals surface area (Å²) in [6.07, 6.45) is 2.24. The van der Waals surface area contributed by atoms with E-state index >= 15 is 0 Å². The molecule has 4 heteroatoms. The molecule has 0 aliphatic carbocycles. The van der Waals surface area contributed by atoms with Crippen molar-refractivity contribution in [3.8, 4) is 5.88 Å². The Balaban J connectivity index is 2.20. The van der Waals surface area contributed by atoms with Gasteiger partial charge in [-0.1, -0.05) is 23.8 Å². The third kappa shape index (κ3) is 3.29. The molecule has 2 N–H and O–H groups in total. The summed E-state index contributed by atoms with van der Waals surface area (Å²) in [7, 11) is 1.59. The van der Waals surface area contributed by atoms with Crippen LogP contribution in [-0.4, -0.2) is 17.1 Å². The highest BCUT2D eigenvalue weighted by atomic mass is 16.5. The minimum atomic E-state index is -0.155. The Morgan fingerprint density at radius 1 is 1.21 bits per heavy atom. The monoisotopic (exact) mass is 257 g/mol. The zero-order valence-corrected chi connectivity index (χ0v) is 11.6. The molecule has 4 nitrogen and oxygen atoms in total. The SMILES string of the molecule is COc1cc(C(N)Cc2cc(C)ccc2C)ncn1. The summed E-state index contributed by atoms with van der Waals surface area (Å²) in [5, 5.41) is 0. The number of aryl methyl sites for hydroxylation is 2. The summed E-state index contributed by atoms with van der Waals surface area (Å²) in [6, 6.07) is 8.04. The Labute approximate surface area is 113 Å². The minimum Gasteiger partial charge on any atom is -0.481 e.